The summed E-state index contributed by atoms with van der Waals surface area (Å²) in [6, 6.07) is 18.7. The van der Waals surface area contributed by atoms with E-state index < -0.39 is 0 Å². The maximum atomic E-state index is 8.00. The zero-order valence-corrected chi connectivity index (χ0v) is 26.2. The Hall–Kier alpha value is -4.61. The van der Waals surface area contributed by atoms with Crippen LogP contribution in [-0.2, 0) is 10.2 Å². The molecule has 0 saturated carbocycles. The van der Waals surface area contributed by atoms with E-state index in [4.69, 9.17) is 20.1 Å². The van der Waals surface area contributed by atoms with Crippen molar-refractivity contribution >= 4 is 35.1 Å². The van der Waals surface area contributed by atoms with E-state index in [0.717, 1.165) is 53.4 Å². The highest BCUT2D eigenvalue weighted by atomic mass is 16.5. The van der Waals surface area contributed by atoms with Crippen LogP contribution in [0.15, 0.2) is 65.4 Å². The van der Waals surface area contributed by atoms with Gasteiger partial charge in [-0.1, -0.05) is 57.1 Å². The third-order valence-corrected chi connectivity index (χ3v) is 7.82. The van der Waals surface area contributed by atoms with Crippen LogP contribution in [-0.4, -0.2) is 63.3 Å². The predicted octanol–water partition coefficient (Wildman–Crippen LogP) is 5.68. The number of hydrogen-bond donors (Lipinski definition) is 3. The number of likely N-dealkylation sites (tertiary alicyclic amines) is 1. The highest BCUT2D eigenvalue weighted by molar-refractivity contribution is 5.98. The predicted molar refractivity (Wildman–Crippen MR) is 176 cm³/mol. The second-order valence-electron chi connectivity index (χ2n) is 11.5. The molecule has 0 radical (unpaired) electrons. The van der Waals surface area contributed by atoms with Crippen molar-refractivity contribution < 1.29 is 9.32 Å². The lowest BCUT2D eigenvalue weighted by atomic mass is 9.89. The van der Waals surface area contributed by atoms with Gasteiger partial charge in [-0.05, 0) is 75.3 Å². The highest BCUT2D eigenvalue weighted by Crippen LogP contribution is 2.34. The molecule has 0 spiro atoms. The quantitative estimate of drug-likeness (QED) is 0.223. The van der Waals surface area contributed by atoms with Gasteiger partial charge in [0.2, 0.25) is 0 Å². The minimum atomic E-state index is -0.105. The first-order chi connectivity index (χ1) is 21.3. The molecule has 2 aromatic carbocycles. The second kappa shape index (κ2) is 14.2. The van der Waals surface area contributed by atoms with Crippen LogP contribution in [0.2, 0.25) is 0 Å². The van der Waals surface area contributed by atoms with E-state index in [9.17, 15) is 0 Å². The Bertz CT molecular complexity index is 1630. The summed E-state index contributed by atoms with van der Waals surface area (Å²) in [7, 11) is 1.50. The summed E-state index contributed by atoms with van der Waals surface area (Å²) in [5.41, 5.74) is 16.4. The molecular formula is C33H43N9O2. The van der Waals surface area contributed by atoms with Crippen molar-refractivity contribution in [3.63, 3.8) is 0 Å². The van der Waals surface area contributed by atoms with E-state index in [1.54, 1.807) is 0 Å². The summed E-state index contributed by atoms with van der Waals surface area (Å²) < 4.78 is 7.32. The van der Waals surface area contributed by atoms with Gasteiger partial charge in [-0.15, -0.1) is 0 Å². The number of nitrogens with one attached hydrogen (secondary N) is 1. The van der Waals surface area contributed by atoms with Crippen molar-refractivity contribution in [1.82, 2.24) is 29.8 Å². The molecule has 232 valence electrons. The summed E-state index contributed by atoms with van der Waals surface area (Å²) >= 11 is 0. The SMILES string of the molecule is C=O.CCN1CCC(c2ccc(-c3nn(-c4ccc(Nc5cc(C(C)(C)C)on5)cc4)c4ncnc(N)c34)cc2)CC1.CN. The Labute approximate surface area is 258 Å². The number of nitrogens with zero attached hydrogens (tertiary/aromatic N) is 6. The van der Waals surface area contributed by atoms with Crippen LogP contribution in [0.4, 0.5) is 17.3 Å². The number of carbonyl (C=O) groups excluding carboxylic acids is 1. The number of carbonyl (C=O) groups is 1. The number of rotatable bonds is 6. The van der Waals surface area contributed by atoms with Crippen LogP contribution in [0.25, 0.3) is 28.0 Å². The fraction of sp³-hybridized carbons (Fsp3) is 0.364. The maximum Gasteiger partial charge on any atom is 0.174 e. The van der Waals surface area contributed by atoms with Gasteiger partial charge in [0.1, 0.15) is 30.4 Å². The van der Waals surface area contributed by atoms with Gasteiger partial charge in [0, 0.05) is 22.7 Å². The molecule has 11 heteroatoms. The van der Waals surface area contributed by atoms with Crippen molar-refractivity contribution in [1.29, 1.82) is 0 Å². The molecular weight excluding hydrogens is 554 g/mol. The number of fused-ring (bicyclic) bond motifs is 1. The van der Waals surface area contributed by atoms with Gasteiger partial charge in [0.15, 0.2) is 11.5 Å². The van der Waals surface area contributed by atoms with E-state index in [1.165, 1.54) is 31.8 Å². The molecule has 0 aliphatic carbocycles. The van der Waals surface area contributed by atoms with Crippen LogP contribution >= 0.6 is 0 Å². The first-order valence-electron chi connectivity index (χ1n) is 14.8. The van der Waals surface area contributed by atoms with Crippen molar-refractivity contribution in [2.75, 3.05) is 37.7 Å². The smallest absolute Gasteiger partial charge is 0.174 e. The number of nitrogen functional groups attached to an aromatic ring is 1. The lowest BCUT2D eigenvalue weighted by Gasteiger charge is -2.31. The molecule has 1 saturated heterocycles. The average molecular weight is 598 g/mol. The summed E-state index contributed by atoms with van der Waals surface area (Å²) in [6.45, 7) is 14.0. The van der Waals surface area contributed by atoms with Crippen LogP contribution in [0.3, 0.4) is 0 Å². The summed E-state index contributed by atoms with van der Waals surface area (Å²) in [6.07, 6.45) is 3.88. The maximum absolute atomic E-state index is 8.00. The number of piperidine rings is 1. The third kappa shape index (κ3) is 6.95. The number of benzene rings is 2. The lowest BCUT2D eigenvalue weighted by Crippen LogP contribution is -2.32. The van der Waals surface area contributed by atoms with E-state index in [-0.39, 0.29) is 5.41 Å². The average Bonchev–Trinajstić information content (AvgIpc) is 3.70. The Kier molecular flexibility index (Phi) is 10.5. The topological polar surface area (TPSA) is 154 Å². The molecule has 11 nitrogen and oxygen atoms in total. The number of hydrogen-bond acceptors (Lipinski definition) is 10. The molecule has 0 unspecified atom stereocenters. The second-order valence-corrected chi connectivity index (χ2v) is 11.5. The molecule has 6 rings (SSSR count). The number of aromatic nitrogens is 5. The standard InChI is InChI=1S/C31H36N8O.CH5N.CH2O/c1-5-38-16-14-21(15-17-38)20-6-8-22(9-7-20)28-27-29(32)33-19-34-30(27)39(36-28)24-12-10-23(11-13-24)35-26-18-25(40-37-26)31(2,3)4;2*1-2/h6-13,18-19,21H,5,14-17H2,1-4H3,(H,35,37)(H2,32,33,34);2H2,1H3;1H2. The Morgan fingerprint density at radius 2 is 1.66 bits per heavy atom. The Morgan fingerprint density at radius 3 is 2.25 bits per heavy atom. The first-order valence-corrected chi connectivity index (χ1v) is 14.8. The fourth-order valence-electron chi connectivity index (χ4n) is 5.37. The van der Waals surface area contributed by atoms with Crippen LogP contribution < -0.4 is 16.8 Å². The Balaban J connectivity index is 0.00000106. The van der Waals surface area contributed by atoms with Gasteiger partial charge in [0.25, 0.3) is 0 Å². The Morgan fingerprint density at radius 1 is 1.00 bits per heavy atom. The molecule has 0 bridgehead atoms. The molecule has 1 aliphatic rings. The van der Waals surface area contributed by atoms with E-state index in [2.05, 4.69) is 83.0 Å². The van der Waals surface area contributed by atoms with Crippen LogP contribution in [0.5, 0.6) is 0 Å². The molecule has 5 aromatic rings. The van der Waals surface area contributed by atoms with Crippen molar-refractivity contribution in [2.45, 2.75) is 51.9 Å². The third-order valence-electron chi connectivity index (χ3n) is 7.82. The van der Waals surface area contributed by atoms with E-state index >= 15 is 0 Å². The summed E-state index contributed by atoms with van der Waals surface area (Å²) in [5, 5.41) is 13.2. The van der Waals surface area contributed by atoms with Gasteiger partial charge in [-0.2, -0.15) is 5.10 Å². The van der Waals surface area contributed by atoms with Gasteiger partial charge < -0.3 is 31.0 Å². The van der Waals surface area contributed by atoms with Gasteiger partial charge in [0.05, 0.1) is 11.1 Å². The molecule has 0 atom stereocenters. The zero-order chi connectivity index (χ0) is 31.9. The molecule has 1 aliphatic heterocycles. The summed E-state index contributed by atoms with van der Waals surface area (Å²) in [5.74, 6) is 2.52. The molecule has 1 fully saturated rings. The molecule has 3 aromatic heterocycles. The fourth-order valence-corrected chi connectivity index (χ4v) is 5.37. The normalized spacial score (nSPS) is 14.0. The van der Waals surface area contributed by atoms with Gasteiger partial charge in [-0.25, -0.2) is 14.6 Å². The number of nitrogens with two attached hydrogens (primary N) is 2. The van der Waals surface area contributed by atoms with Gasteiger partial charge in [-0.3, -0.25) is 0 Å². The highest BCUT2D eigenvalue weighted by Gasteiger charge is 2.22. The number of anilines is 3. The monoisotopic (exact) mass is 597 g/mol. The van der Waals surface area contributed by atoms with Crippen LogP contribution in [0, 0.1) is 0 Å². The zero-order valence-electron chi connectivity index (χ0n) is 26.2. The van der Waals surface area contributed by atoms with Crippen LogP contribution in [0.1, 0.15) is 57.8 Å². The lowest BCUT2D eigenvalue weighted by molar-refractivity contribution is -0.0980. The molecule has 0 amide bonds. The first kappa shape index (κ1) is 32.3. The van der Waals surface area contributed by atoms with Crippen molar-refractivity contribution in [2.24, 2.45) is 5.73 Å². The van der Waals surface area contributed by atoms with Gasteiger partial charge >= 0.3 is 0 Å². The van der Waals surface area contributed by atoms with Crippen molar-refractivity contribution in [3.8, 4) is 16.9 Å². The minimum absolute atomic E-state index is 0.105. The van der Waals surface area contributed by atoms with E-state index in [1.807, 2.05) is 41.8 Å². The van der Waals surface area contributed by atoms with E-state index in [0.29, 0.717) is 23.2 Å². The minimum Gasteiger partial charge on any atom is -0.383 e. The molecule has 5 N–H and O–H groups in total. The molecule has 44 heavy (non-hydrogen) atoms. The summed E-state index contributed by atoms with van der Waals surface area (Å²) in [4.78, 5) is 19.3. The largest absolute Gasteiger partial charge is 0.383 e. The van der Waals surface area contributed by atoms with Crippen molar-refractivity contribution in [3.05, 3.63) is 72.2 Å². The molecule has 4 heterocycles.